The summed E-state index contributed by atoms with van der Waals surface area (Å²) in [5.41, 5.74) is 10.7. The highest BCUT2D eigenvalue weighted by molar-refractivity contribution is 5.83. The summed E-state index contributed by atoms with van der Waals surface area (Å²) in [5.74, 6) is 6.40. The zero-order chi connectivity index (χ0) is 39.1. The van der Waals surface area contributed by atoms with E-state index in [0.29, 0.717) is 18.1 Å². The van der Waals surface area contributed by atoms with E-state index in [1.807, 2.05) is 31.2 Å². The molecule has 8 nitrogen and oxygen atoms in total. The molecule has 302 valence electrons. The van der Waals surface area contributed by atoms with Crippen molar-refractivity contribution in [3.8, 4) is 23.0 Å². The number of carbonyl (C=O) groups is 1. The van der Waals surface area contributed by atoms with E-state index in [1.165, 1.54) is 42.6 Å². The fourth-order valence-electron chi connectivity index (χ4n) is 7.72. The SMILES string of the molecule is C[C@H](CC(=O)C1CC1)c1ccc(OC2CCN(c3ccc(OCC4CC4)cc3)C2)cc1.C[C@H](N)c1ccc(OC2CCN(c3ccc(OCC4CC4)cc3)C2)cc1. The first-order valence-electron chi connectivity index (χ1n) is 21.6. The molecule has 9 rings (SSSR count). The van der Waals surface area contributed by atoms with Crippen LogP contribution in [0.2, 0.25) is 0 Å². The van der Waals surface area contributed by atoms with Crippen LogP contribution in [0.4, 0.5) is 11.4 Å². The van der Waals surface area contributed by atoms with Gasteiger partial charge >= 0.3 is 0 Å². The van der Waals surface area contributed by atoms with Gasteiger partial charge in [0.05, 0.1) is 26.3 Å². The Morgan fingerprint density at radius 1 is 0.579 bits per heavy atom. The normalized spacial score (nSPS) is 21.3. The number of benzene rings is 4. The first-order valence-corrected chi connectivity index (χ1v) is 21.6. The van der Waals surface area contributed by atoms with Crippen molar-refractivity contribution in [2.24, 2.45) is 23.5 Å². The maximum absolute atomic E-state index is 12.1. The lowest BCUT2D eigenvalue weighted by Gasteiger charge is -2.20. The van der Waals surface area contributed by atoms with Gasteiger partial charge in [-0.2, -0.15) is 0 Å². The van der Waals surface area contributed by atoms with Gasteiger partial charge in [-0.3, -0.25) is 4.79 Å². The standard InChI is InChI=1S/C27H33NO3.C22H28N2O2/c1-19(16-27(29)22-4-5-22)21-6-10-25(11-7-21)31-26-14-15-28(17-26)23-8-12-24(13-9-23)30-18-20-2-3-20;1-16(23)18-4-8-21(9-5-18)26-22-12-13-24(14-22)19-6-10-20(11-7-19)25-15-17-2-3-17/h6-13,19-20,22,26H,2-5,14-18H2,1H3;4-11,16-17,22H,2-3,12-15,23H2,1H3/t19-,26?;16-,22?/m10/s1. The van der Waals surface area contributed by atoms with Gasteiger partial charge in [0, 0.05) is 55.7 Å². The maximum Gasteiger partial charge on any atom is 0.136 e. The number of ether oxygens (including phenoxy) is 4. The first kappa shape index (κ1) is 39.2. The van der Waals surface area contributed by atoms with Gasteiger partial charge in [0.15, 0.2) is 0 Å². The molecule has 2 unspecified atom stereocenters. The zero-order valence-electron chi connectivity index (χ0n) is 33.9. The number of nitrogens with two attached hydrogens (primary N) is 1. The molecule has 4 atom stereocenters. The minimum atomic E-state index is 0.0576. The van der Waals surface area contributed by atoms with E-state index in [4.69, 9.17) is 24.7 Å². The van der Waals surface area contributed by atoms with Crippen LogP contribution in [0.3, 0.4) is 0 Å². The second-order valence-corrected chi connectivity index (χ2v) is 17.2. The Morgan fingerprint density at radius 2 is 1.00 bits per heavy atom. The van der Waals surface area contributed by atoms with Crippen molar-refractivity contribution in [2.45, 2.75) is 95.8 Å². The fourth-order valence-corrected chi connectivity index (χ4v) is 7.72. The minimum absolute atomic E-state index is 0.0576. The van der Waals surface area contributed by atoms with Crippen molar-refractivity contribution < 1.29 is 23.7 Å². The molecule has 8 heteroatoms. The van der Waals surface area contributed by atoms with Gasteiger partial charge in [-0.25, -0.2) is 0 Å². The van der Waals surface area contributed by atoms with E-state index < -0.39 is 0 Å². The van der Waals surface area contributed by atoms with Gasteiger partial charge in [0.25, 0.3) is 0 Å². The molecule has 0 spiro atoms. The van der Waals surface area contributed by atoms with Crippen LogP contribution in [0, 0.1) is 17.8 Å². The van der Waals surface area contributed by atoms with Crippen molar-refractivity contribution in [2.75, 3.05) is 49.2 Å². The van der Waals surface area contributed by atoms with E-state index in [-0.39, 0.29) is 24.2 Å². The molecule has 0 amide bonds. The molecule has 0 bridgehead atoms. The summed E-state index contributed by atoms with van der Waals surface area (Å²) in [6, 6.07) is 33.5. The second kappa shape index (κ2) is 18.3. The molecule has 57 heavy (non-hydrogen) atoms. The average molecular weight is 772 g/mol. The molecular formula is C49H61N3O5. The highest BCUT2D eigenvalue weighted by atomic mass is 16.5. The van der Waals surface area contributed by atoms with Gasteiger partial charge in [-0.15, -0.1) is 0 Å². The number of carbonyl (C=O) groups excluding carboxylic acids is 1. The molecule has 2 saturated heterocycles. The van der Waals surface area contributed by atoms with Gasteiger partial charge in [0.1, 0.15) is 41.0 Å². The average Bonchev–Trinajstić information content (AvgIpc) is 4.16. The Labute approximate surface area is 339 Å². The van der Waals surface area contributed by atoms with Gasteiger partial charge in [-0.05, 0) is 147 Å². The smallest absolute Gasteiger partial charge is 0.136 e. The summed E-state index contributed by atoms with van der Waals surface area (Å²) in [5, 5.41) is 0. The van der Waals surface area contributed by atoms with Crippen LogP contribution in [0.5, 0.6) is 23.0 Å². The van der Waals surface area contributed by atoms with Crippen LogP contribution in [0.25, 0.3) is 0 Å². The van der Waals surface area contributed by atoms with E-state index in [2.05, 4.69) is 89.5 Å². The lowest BCUT2D eigenvalue weighted by atomic mass is 9.94. The number of Topliss-reactive ketones (excluding diaryl/α,β-unsaturated/α-hetero) is 1. The lowest BCUT2D eigenvalue weighted by Crippen LogP contribution is -2.24. The van der Waals surface area contributed by atoms with Crippen molar-refractivity contribution >= 4 is 17.2 Å². The molecular weight excluding hydrogens is 711 g/mol. The molecule has 3 saturated carbocycles. The van der Waals surface area contributed by atoms with Crippen LogP contribution in [-0.2, 0) is 4.79 Å². The molecule has 3 aliphatic carbocycles. The lowest BCUT2D eigenvalue weighted by molar-refractivity contribution is -0.120. The molecule has 5 fully saturated rings. The Kier molecular flexibility index (Phi) is 12.5. The van der Waals surface area contributed by atoms with E-state index in [1.54, 1.807) is 0 Å². The van der Waals surface area contributed by atoms with Crippen LogP contribution in [0.1, 0.15) is 94.7 Å². The van der Waals surface area contributed by atoms with Crippen LogP contribution < -0.4 is 34.5 Å². The van der Waals surface area contributed by atoms with Crippen molar-refractivity contribution in [3.05, 3.63) is 108 Å². The minimum Gasteiger partial charge on any atom is -0.493 e. The molecule has 0 aromatic heterocycles. The summed E-state index contributed by atoms with van der Waals surface area (Å²) in [4.78, 5) is 16.8. The Morgan fingerprint density at radius 3 is 1.40 bits per heavy atom. The van der Waals surface area contributed by atoms with Crippen LogP contribution in [-0.4, -0.2) is 57.4 Å². The van der Waals surface area contributed by atoms with E-state index in [0.717, 1.165) is 105 Å². The van der Waals surface area contributed by atoms with Gasteiger partial charge in [0.2, 0.25) is 0 Å². The molecule has 2 N–H and O–H groups in total. The van der Waals surface area contributed by atoms with Crippen molar-refractivity contribution in [3.63, 3.8) is 0 Å². The highest BCUT2D eigenvalue weighted by Gasteiger charge is 2.31. The quantitative estimate of drug-likeness (QED) is 0.114. The molecule has 4 aromatic rings. The number of rotatable bonds is 17. The summed E-state index contributed by atoms with van der Waals surface area (Å²) in [7, 11) is 0. The van der Waals surface area contributed by atoms with Gasteiger partial charge in [-0.1, -0.05) is 31.2 Å². The number of hydrogen-bond donors (Lipinski definition) is 1. The third-order valence-corrected chi connectivity index (χ3v) is 12.1. The van der Waals surface area contributed by atoms with E-state index >= 15 is 0 Å². The first-order chi connectivity index (χ1) is 27.8. The maximum atomic E-state index is 12.1. The molecule has 4 aromatic carbocycles. The monoisotopic (exact) mass is 771 g/mol. The Balaban J connectivity index is 0.000000162. The highest BCUT2D eigenvalue weighted by Crippen LogP contribution is 2.35. The van der Waals surface area contributed by atoms with Crippen LogP contribution >= 0.6 is 0 Å². The topological polar surface area (TPSA) is 86.5 Å². The third-order valence-electron chi connectivity index (χ3n) is 12.1. The number of anilines is 2. The number of hydrogen-bond acceptors (Lipinski definition) is 8. The summed E-state index contributed by atoms with van der Waals surface area (Å²) in [6.45, 7) is 9.69. The predicted molar refractivity (Wildman–Crippen MR) is 228 cm³/mol. The summed E-state index contributed by atoms with van der Waals surface area (Å²) < 4.78 is 24.1. The largest absolute Gasteiger partial charge is 0.493 e. The molecule has 0 radical (unpaired) electrons. The second-order valence-electron chi connectivity index (χ2n) is 17.2. The Hall–Kier alpha value is -4.69. The van der Waals surface area contributed by atoms with Crippen molar-refractivity contribution in [1.82, 2.24) is 0 Å². The van der Waals surface area contributed by atoms with Crippen molar-refractivity contribution in [1.29, 1.82) is 0 Å². The summed E-state index contributed by atoms with van der Waals surface area (Å²) in [6.07, 6.45) is 10.6. The Bertz CT molecular complexity index is 1870. The third kappa shape index (κ3) is 11.5. The summed E-state index contributed by atoms with van der Waals surface area (Å²) >= 11 is 0. The number of nitrogens with zero attached hydrogens (tertiary/aromatic N) is 2. The van der Waals surface area contributed by atoms with Crippen LogP contribution in [0.15, 0.2) is 97.1 Å². The number of ketones is 1. The predicted octanol–water partition coefficient (Wildman–Crippen LogP) is 9.76. The molecule has 2 heterocycles. The molecule has 5 aliphatic rings. The van der Waals surface area contributed by atoms with Gasteiger partial charge < -0.3 is 34.5 Å². The molecule has 2 aliphatic heterocycles. The fraction of sp³-hybridized carbons (Fsp3) is 0.490. The zero-order valence-corrected chi connectivity index (χ0v) is 33.9. The van der Waals surface area contributed by atoms with E-state index in [9.17, 15) is 4.79 Å².